The van der Waals surface area contributed by atoms with E-state index in [1.807, 2.05) is 30.3 Å². The Morgan fingerprint density at radius 3 is 2.76 bits per heavy atom. The molecule has 1 amide bonds. The van der Waals surface area contributed by atoms with Crippen molar-refractivity contribution >= 4 is 17.6 Å². The van der Waals surface area contributed by atoms with Gasteiger partial charge in [0.15, 0.2) is 11.6 Å². The topological polar surface area (TPSA) is 115 Å². The van der Waals surface area contributed by atoms with Crippen LogP contribution >= 0.6 is 0 Å². The van der Waals surface area contributed by atoms with Crippen LogP contribution in [0, 0.1) is 22.6 Å². The van der Waals surface area contributed by atoms with Crippen molar-refractivity contribution in [3.05, 3.63) is 95.7 Å². The minimum absolute atomic E-state index is 0.113. The van der Waals surface area contributed by atoms with Gasteiger partial charge in [-0.1, -0.05) is 18.2 Å². The highest BCUT2D eigenvalue weighted by molar-refractivity contribution is 5.82. The zero-order valence-electron chi connectivity index (χ0n) is 24.7. The van der Waals surface area contributed by atoms with Gasteiger partial charge in [-0.2, -0.15) is 5.26 Å². The number of anilines is 2. The molecule has 2 saturated heterocycles. The van der Waals surface area contributed by atoms with Crippen LogP contribution in [0.5, 0.6) is 11.5 Å². The number of aromatic nitrogens is 2. The number of benzene rings is 3. The van der Waals surface area contributed by atoms with Crippen LogP contribution < -0.4 is 15.0 Å². The van der Waals surface area contributed by atoms with E-state index in [2.05, 4.69) is 31.2 Å². The van der Waals surface area contributed by atoms with Gasteiger partial charge in [-0.25, -0.2) is 19.2 Å². The standard InChI is InChI=1S/C35H33FN6O3/c36-26-7-9-31(30(16-26)28-8-4-23(17-37)15-29(28)25-5-6-25)45-32-18-38-22-39-33(32)42-13-11-35(21-42)10-12-41(20-35)19-24-2-1-3-27(14-24)40-34(43)44/h1-4,7-9,14-16,18,22,25,40H,5-6,10-13,19-21H2,(H,43,44). The van der Waals surface area contributed by atoms with Crippen molar-refractivity contribution < 1.29 is 19.0 Å². The SMILES string of the molecule is N#Cc1ccc(-c2cc(F)ccc2Oc2cncnc2N2CCC3(CCN(Cc4cccc(NC(=O)O)c4)C3)C2)c(C2CC2)c1. The summed E-state index contributed by atoms with van der Waals surface area (Å²) in [5, 5.41) is 21.0. The average Bonchev–Trinajstić information content (AvgIpc) is 3.70. The van der Waals surface area contributed by atoms with Crippen molar-refractivity contribution in [2.24, 2.45) is 5.41 Å². The molecule has 1 saturated carbocycles. The van der Waals surface area contributed by atoms with Gasteiger partial charge >= 0.3 is 6.09 Å². The predicted octanol–water partition coefficient (Wildman–Crippen LogP) is 7.02. The van der Waals surface area contributed by atoms with Gasteiger partial charge in [0.1, 0.15) is 17.9 Å². The summed E-state index contributed by atoms with van der Waals surface area (Å²) >= 11 is 0. The van der Waals surface area contributed by atoms with E-state index >= 15 is 0 Å². The number of hydrogen-bond acceptors (Lipinski definition) is 7. The third-order valence-electron chi connectivity index (χ3n) is 9.15. The van der Waals surface area contributed by atoms with E-state index in [1.165, 1.54) is 18.5 Å². The van der Waals surface area contributed by atoms with Crippen molar-refractivity contribution in [3.8, 4) is 28.7 Å². The summed E-state index contributed by atoms with van der Waals surface area (Å²) in [6.07, 6.45) is 6.30. The molecule has 228 valence electrons. The van der Waals surface area contributed by atoms with Crippen molar-refractivity contribution in [1.29, 1.82) is 5.26 Å². The van der Waals surface area contributed by atoms with Crippen LogP contribution in [0.15, 0.2) is 73.2 Å². The molecule has 7 rings (SSSR count). The zero-order chi connectivity index (χ0) is 31.0. The van der Waals surface area contributed by atoms with E-state index in [-0.39, 0.29) is 11.2 Å². The fourth-order valence-electron chi connectivity index (χ4n) is 6.89. The second-order valence-corrected chi connectivity index (χ2v) is 12.4. The van der Waals surface area contributed by atoms with Crippen molar-refractivity contribution in [2.75, 3.05) is 36.4 Å². The summed E-state index contributed by atoms with van der Waals surface area (Å²) in [5.41, 5.74) is 4.91. The first kappa shape index (κ1) is 28.7. The normalized spacial score (nSPS) is 19.5. The van der Waals surface area contributed by atoms with E-state index in [0.717, 1.165) is 75.1 Å². The molecule has 1 unspecified atom stereocenters. The lowest BCUT2D eigenvalue weighted by atomic mass is 9.86. The Bertz CT molecular complexity index is 1800. The Labute approximate surface area is 260 Å². The molecule has 1 atom stereocenters. The highest BCUT2D eigenvalue weighted by atomic mass is 19.1. The molecule has 1 spiro atoms. The molecule has 0 bridgehead atoms. The summed E-state index contributed by atoms with van der Waals surface area (Å²) in [7, 11) is 0. The Balaban J connectivity index is 1.09. The second kappa shape index (κ2) is 11.8. The summed E-state index contributed by atoms with van der Waals surface area (Å²) in [6.45, 7) is 4.31. The first-order valence-electron chi connectivity index (χ1n) is 15.3. The molecular formula is C35H33FN6O3. The predicted molar refractivity (Wildman–Crippen MR) is 168 cm³/mol. The summed E-state index contributed by atoms with van der Waals surface area (Å²) < 4.78 is 21.1. The first-order valence-corrected chi connectivity index (χ1v) is 15.3. The number of amides is 1. The summed E-state index contributed by atoms with van der Waals surface area (Å²) in [5.74, 6) is 1.74. The highest BCUT2D eigenvalue weighted by Gasteiger charge is 2.44. The molecule has 1 aliphatic carbocycles. The molecule has 1 aromatic heterocycles. The third-order valence-corrected chi connectivity index (χ3v) is 9.15. The molecule has 3 aliphatic rings. The molecule has 3 aromatic carbocycles. The molecule has 3 fully saturated rings. The quantitative estimate of drug-likeness (QED) is 0.221. The molecule has 3 heterocycles. The maximum Gasteiger partial charge on any atom is 0.409 e. The molecule has 10 heteroatoms. The van der Waals surface area contributed by atoms with Crippen LogP contribution in [0.4, 0.5) is 20.7 Å². The number of nitriles is 1. The fraction of sp³-hybridized carbons (Fsp3) is 0.314. The maximum absolute atomic E-state index is 14.6. The largest absolute Gasteiger partial charge is 0.465 e. The van der Waals surface area contributed by atoms with E-state index < -0.39 is 6.09 Å². The van der Waals surface area contributed by atoms with Gasteiger partial charge in [0.2, 0.25) is 0 Å². The van der Waals surface area contributed by atoms with Crippen molar-refractivity contribution in [1.82, 2.24) is 14.9 Å². The second-order valence-electron chi connectivity index (χ2n) is 12.4. The molecular weight excluding hydrogens is 571 g/mol. The van der Waals surface area contributed by atoms with Crippen LogP contribution in [-0.2, 0) is 6.54 Å². The van der Waals surface area contributed by atoms with Gasteiger partial charge in [0, 0.05) is 42.8 Å². The molecule has 2 aliphatic heterocycles. The number of ether oxygens (including phenoxy) is 1. The van der Waals surface area contributed by atoms with Gasteiger partial charge < -0.3 is 14.7 Å². The average molecular weight is 605 g/mol. The number of halogens is 1. The Kier molecular flexibility index (Phi) is 7.55. The molecule has 45 heavy (non-hydrogen) atoms. The monoisotopic (exact) mass is 604 g/mol. The number of rotatable bonds is 8. The van der Waals surface area contributed by atoms with Crippen LogP contribution in [0.25, 0.3) is 11.1 Å². The smallest absolute Gasteiger partial charge is 0.409 e. The van der Waals surface area contributed by atoms with Crippen LogP contribution in [-0.4, -0.2) is 52.2 Å². The molecule has 0 radical (unpaired) electrons. The Morgan fingerprint density at radius 1 is 1.07 bits per heavy atom. The number of nitrogens with zero attached hydrogens (tertiary/aromatic N) is 5. The minimum Gasteiger partial charge on any atom is -0.465 e. The van der Waals surface area contributed by atoms with E-state index in [0.29, 0.717) is 40.0 Å². The van der Waals surface area contributed by atoms with Crippen LogP contribution in [0.3, 0.4) is 0 Å². The van der Waals surface area contributed by atoms with E-state index in [1.54, 1.807) is 24.4 Å². The van der Waals surface area contributed by atoms with E-state index in [9.17, 15) is 14.4 Å². The first-order chi connectivity index (χ1) is 21.9. The minimum atomic E-state index is -1.07. The van der Waals surface area contributed by atoms with E-state index in [4.69, 9.17) is 9.84 Å². The summed E-state index contributed by atoms with van der Waals surface area (Å²) in [4.78, 5) is 24.7. The van der Waals surface area contributed by atoms with Crippen LogP contribution in [0.1, 0.15) is 48.3 Å². The van der Waals surface area contributed by atoms with Crippen molar-refractivity contribution in [2.45, 2.75) is 38.1 Å². The molecule has 9 nitrogen and oxygen atoms in total. The molecule has 4 aromatic rings. The van der Waals surface area contributed by atoms with Crippen molar-refractivity contribution in [3.63, 3.8) is 0 Å². The maximum atomic E-state index is 14.6. The third kappa shape index (κ3) is 6.17. The van der Waals surface area contributed by atoms with Gasteiger partial charge in [-0.3, -0.25) is 10.2 Å². The zero-order valence-corrected chi connectivity index (χ0v) is 24.7. The van der Waals surface area contributed by atoms with Gasteiger partial charge in [0.25, 0.3) is 0 Å². The lowest BCUT2D eigenvalue weighted by Crippen LogP contribution is -2.31. The Hall–Kier alpha value is -5.01. The fourth-order valence-corrected chi connectivity index (χ4v) is 6.89. The number of likely N-dealkylation sites (tertiary alicyclic amines) is 1. The summed E-state index contributed by atoms with van der Waals surface area (Å²) in [6, 6.07) is 19.9. The number of carbonyl (C=O) groups is 1. The lowest BCUT2D eigenvalue weighted by Gasteiger charge is -2.26. The van der Waals surface area contributed by atoms with Gasteiger partial charge in [-0.05, 0) is 97.3 Å². The van der Waals surface area contributed by atoms with Gasteiger partial charge in [0.05, 0.1) is 17.8 Å². The van der Waals surface area contributed by atoms with Crippen LogP contribution in [0.2, 0.25) is 0 Å². The number of hydrogen-bond donors (Lipinski definition) is 2. The van der Waals surface area contributed by atoms with Gasteiger partial charge in [-0.15, -0.1) is 0 Å². The molecule has 2 N–H and O–H groups in total. The highest BCUT2D eigenvalue weighted by Crippen LogP contribution is 2.48. The Morgan fingerprint density at radius 2 is 1.93 bits per heavy atom. The number of carboxylic acid groups (broad SMARTS) is 1. The lowest BCUT2D eigenvalue weighted by molar-refractivity contribution is 0.209. The number of nitrogens with one attached hydrogen (secondary N) is 1.